The summed E-state index contributed by atoms with van der Waals surface area (Å²) in [6, 6.07) is 14.5. The lowest BCUT2D eigenvalue weighted by Crippen LogP contribution is -2.17. The van der Waals surface area contributed by atoms with Gasteiger partial charge in [0.25, 0.3) is 0 Å². The van der Waals surface area contributed by atoms with E-state index in [2.05, 4.69) is 38.1 Å². The summed E-state index contributed by atoms with van der Waals surface area (Å²) in [5.41, 5.74) is 1.11. The zero-order valence-corrected chi connectivity index (χ0v) is 13.3. The molecule has 2 heteroatoms. The summed E-state index contributed by atoms with van der Waals surface area (Å²) >= 11 is 0. The molecule has 2 aromatic rings. The van der Waals surface area contributed by atoms with Gasteiger partial charge in [0.05, 0.1) is 5.92 Å². The lowest BCUT2D eigenvalue weighted by atomic mass is 9.94. The lowest BCUT2D eigenvalue weighted by Gasteiger charge is -2.22. The van der Waals surface area contributed by atoms with E-state index in [4.69, 9.17) is 4.74 Å². The van der Waals surface area contributed by atoms with Crippen LogP contribution in [0.2, 0.25) is 0 Å². The highest BCUT2D eigenvalue weighted by Gasteiger charge is 2.21. The Kier molecular flexibility index (Phi) is 5.00. The lowest BCUT2D eigenvalue weighted by molar-refractivity contribution is -0.154. The van der Waals surface area contributed by atoms with Crippen molar-refractivity contribution in [3.63, 3.8) is 0 Å². The molecule has 2 aromatic carbocycles. The number of carbonyl (C=O) groups is 1. The number of fused-ring (bicyclic) bond motifs is 1. The fourth-order valence-corrected chi connectivity index (χ4v) is 2.47. The molecule has 0 aliphatic heterocycles. The van der Waals surface area contributed by atoms with E-state index in [1.165, 1.54) is 10.8 Å². The Labute approximate surface area is 127 Å². The smallest absolute Gasteiger partial charge is 0.308 e. The monoisotopic (exact) mass is 284 g/mol. The molecule has 0 N–H and O–H groups in total. The molecule has 2 rings (SSSR count). The first-order valence-corrected chi connectivity index (χ1v) is 7.67. The summed E-state index contributed by atoms with van der Waals surface area (Å²) < 4.78 is 5.78. The van der Waals surface area contributed by atoms with Gasteiger partial charge in [0.15, 0.2) is 0 Å². The minimum Gasteiger partial charge on any atom is -0.457 e. The molecular formula is C19H24O2. The molecule has 0 amide bonds. The van der Waals surface area contributed by atoms with E-state index in [-0.39, 0.29) is 18.0 Å². The van der Waals surface area contributed by atoms with Gasteiger partial charge in [-0.25, -0.2) is 0 Å². The molecule has 0 saturated carbocycles. The van der Waals surface area contributed by atoms with Crippen LogP contribution in [-0.4, -0.2) is 5.97 Å². The van der Waals surface area contributed by atoms with Crippen LogP contribution in [0, 0.1) is 11.8 Å². The van der Waals surface area contributed by atoms with Crippen LogP contribution in [-0.2, 0) is 9.53 Å². The molecule has 0 fully saturated rings. The van der Waals surface area contributed by atoms with Crippen LogP contribution in [0.25, 0.3) is 10.8 Å². The first-order valence-electron chi connectivity index (χ1n) is 7.67. The second-order valence-electron chi connectivity index (χ2n) is 6.28. The molecule has 0 aromatic heterocycles. The van der Waals surface area contributed by atoms with E-state index in [0.717, 1.165) is 12.0 Å². The minimum atomic E-state index is -0.175. The summed E-state index contributed by atoms with van der Waals surface area (Å²) in [6.45, 7) is 8.05. The van der Waals surface area contributed by atoms with Crippen LogP contribution in [0.1, 0.15) is 45.8 Å². The Hall–Kier alpha value is -1.83. The molecule has 0 aliphatic carbocycles. The van der Waals surface area contributed by atoms with Gasteiger partial charge in [-0.05, 0) is 23.1 Å². The highest BCUT2D eigenvalue weighted by molar-refractivity contribution is 5.86. The van der Waals surface area contributed by atoms with Crippen LogP contribution < -0.4 is 0 Å². The van der Waals surface area contributed by atoms with Gasteiger partial charge in [0.2, 0.25) is 0 Å². The first-order chi connectivity index (χ1) is 9.99. The molecule has 0 heterocycles. The molecule has 2 nitrogen and oxygen atoms in total. The van der Waals surface area contributed by atoms with Gasteiger partial charge in [-0.3, -0.25) is 4.79 Å². The molecular weight excluding hydrogens is 260 g/mol. The van der Waals surface area contributed by atoms with Crippen molar-refractivity contribution >= 4 is 16.7 Å². The average Bonchev–Trinajstić information content (AvgIpc) is 2.45. The number of carbonyl (C=O) groups excluding carboxylic acids is 1. The van der Waals surface area contributed by atoms with Crippen LogP contribution in [0.4, 0.5) is 0 Å². The maximum atomic E-state index is 12.0. The molecule has 0 spiro atoms. The fraction of sp³-hybridized carbons (Fsp3) is 0.421. The predicted octanol–water partition coefficient (Wildman–Crippen LogP) is 5.13. The van der Waals surface area contributed by atoms with Crippen molar-refractivity contribution in [1.29, 1.82) is 0 Å². The van der Waals surface area contributed by atoms with E-state index in [1.807, 2.05) is 32.0 Å². The number of esters is 1. The largest absolute Gasteiger partial charge is 0.457 e. The topological polar surface area (TPSA) is 26.3 Å². The summed E-state index contributed by atoms with van der Waals surface area (Å²) in [6.07, 6.45) is 0.665. The second-order valence-corrected chi connectivity index (χ2v) is 6.28. The highest BCUT2D eigenvalue weighted by Crippen LogP contribution is 2.31. The summed E-state index contributed by atoms with van der Waals surface area (Å²) in [5, 5.41) is 2.35. The van der Waals surface area contributed by atoms with Gasteiger partial charge in [0.1, 0.15) is 6.10 Å². The van der Waals surface area contributed by atoms with Crippen molar-refractivity contribution in [2.45, 2.75) is 40.2 Å². The van der Waals surface area contributed by atoms with Gasteiger partial charge in [-0.2, -0.15) is 0 Å². The molecule has 0 bridgehead atoms. The average molecular weight is 284 g/mol. The van der Waals surface area contributed by atoms with Crippen molar-refractivity contribution in [2.24, 2.45) is 11.8 Å². The Morgan fingerprint density at radius 2 is 1.67 bits per heavy atom. The fourth-order valence-electron chi connectivity index (χ4n) is 2.47. The van der Waals surface area contributed by atoms with Gasteiger partial charge < -0.3 is 4.74 Å². The molecule has 0 saturated heterocycles. The van der Waals surface area contributed by atoms with Gasteiger partial charge in [-0.1, -0.05) is 70.2 Å². The summed E-state index contributed by atoms with van der Waals surface area (Å²) in [4.78, 5) is 12.0. The quantitative estimate of drug-likeness (QED) is 0.712. The van der Waals surface area contributed by atoms with E-state index >= 15 is 0 Å². The Morgan fingerprint density at radius 3 is 2.33 bits per heavy atom. The predicted molar refractivity (Wildman–Crippen MR) is 87.1 cm³/mol. The second kappa shape index (κ2) is 6.75. The van der Waals surface area contributed by atoms with E-state index in [0.29, 0.717) is 5.92 Å². The molecule has 112 valence electrons. The third kappa shape index (κ3) is 3.84. The number of ether oxygens (including phenoxy) is 1. The summed E-state index contributed by atoms with van der Waals surface area (Å²) in [7, 11) is 0. The zero-order chi connectivity index (χ0) is 15.4. The van der Waals surface area contributed by atoms with Gasteiger partial charge >= 0.3 is 5.97 Å². The Bertz CT molecular complexity index is 608. The minimum absolute atomic E-state index is 0.102. The van der Waals surface area contributed by atoms with E-state index in [1.54, 1.807) is 0 Å². The summed E-state index contributed by atoms with van der Waals surface area (Å²) in [5.74, 6) is 0.233. The Morgan fingerprint density at radius 1 is 1.00 bits per heavy atom. The van der Waals surface area contributed by atoms with Crippen LogP contribution in [0.15, 0.2) is 42.5 Å². The van der Waals surface area contributed by atoms with Crippen molar-refractivity contribution in [1.82, 2.24) is 0 Å². The zero-order valence-electron chi connectivity index (χ0n) is 13.3. The van der Waals surface area contributed by atoms with Crippen molar-refractivity contribution in [3.8, 4) is 0 Å². The van der Waals surface area contributed by atoms with Crippen LogP contribution >= 0.6 is 0 Å². The molecule has 0 radical (unpaired) electrons. The van der Waals surface area contributed by atoms with Gasteiger partial charge in [0, 0.05) is 5.56 Å². The number of hydrogen-bond donors (Lipinski definition) is 0. The van der Waals surface area contributed by atoms with E-state index in [9.17, 15) is 4.79 Å². The van der Waals surface area contributed by atoms with Crippen LogP contribution in [0.3, 0.4) is 0 Å². The maximum absolute atomic E-state index is 12.0. The third-order valence-electron chi connectivity index (χ3n) is 3.59. The maximum Gasteiger partial charge on any atom is 0.308 e. The van der Waals surface area contributed by atoms with Crippen LogP contribution in [0.5, 0.6) is 0 Å². The number of benzene rings is 2. The normalized spacial score (nSPS) is 12.9. The number of rotatable bonds is 5. The van der Waals surface area contributed by atoms with Crippen molar-refractivity contribution < 1.29 is 9.53 Å². The standard InChI is InChI=1S/C19H24O2/c1-13(2)12-18(21-19(20)14(3)4)17-11-7-9-15-8-5-6-10-16(15)17/h5-11,13-14,18H,12H2,1-4H3/t18-/m1/s1. The third-order valence-corrected chi connectivity index (χ3v) is 3.59. The number of hydrogen-bond acceptors (Lipinski definition) is 2. The first kappa shape index (κ1) is 15.6. The molecule has 21 heavy (non-hydrogen) atoms. The highest BCUT2D eigenvalue weighted by atomic mass is 16.5. The SMILES string of the molecule is CC(C)C[C@@H](OC(=O)C(C)C)c1cccc2ccccc12. The van der Waals surface area contributed by atoms with Gasteiger partial charge in [-0.15, -0.1) is 0 Å². The molecule has 0 unspecified atom stereocenters. The van der Waals surface area contributed by atoms with Crippen molar-refractivity contribution in [2.75, 3.05) is 0 Å². The molecule has 0 aliphatic rings. The van der Waals surface area contributed by atoms with Crippen molar-refractivity contribution in [3.05, 3.63) is 48.0 Å². The van der Waals surface area contributed by atoms with E-state index < -0.39 is 0 Å². The molecule has 1 atom stereocenters. The Balaban J connectivity index is 2.40.